The first kappa shape index (κ1) is 14.7. The van der Waals surface area contributed by atoms with Gasteiger partial charge in [0.05, 0.1) is 18.2 Å². The summed E-state index contributed by atoms with van der Waals surface area (Å²) in [7, 11) is 1.04. The Morgan fingerprint density at radius 3 is 2.56 bits per heavy atom. The zero-order valence-electron chi connectivity index (χ0n) is 9.47. The minimum atomic E-state index is -4.62. The molecule has 1 aromatic heterocycles. The lowest BCUT2D eigenvalue weighted by atomic mass is 10.2. The van der Waals surface area contributed by atoms with Crippen LogP contribution in [0.4, 0.5) is 13.2 Å². The summed E-state index contributed by atoms with van der Waals surface area (Å²) in [6.07, 6.45) is -4.62. The molecular weight excluding hydrogens is 319 g/mol. The molecule has 0 radical (unpaired) electrons. The maximum atomic E-state index is 12.6. The molecule has 1 heterocycles. The fourth-order valence-corrected chi connectivity index (χ4v) is 1.65. The molecule has 0 amide bonds. The molecule has 0 spiro atoms. The SMILES string of the molecule is CCOC(=O)c1nc(OC)c(C(F)(F)F)cc1Br. The summed E-state index contributed by atoms with van der Waals surface area (Å²) in [6, 6.07) is 0.734. The van der Waals surface area contributed by atoms with Crippen LogP contribution in [0.25, 0.3) is 0 Å². The molecular formula is C10H9BrF3NO3. The quantitative estimate of drug-likeness (QED) is 0.800. The number of nitrogens with zero attached hydrogens (tertiary/aromatic N) is 1. The summed E-state index contributed by atoms with van der Waals surface area (Å²) in [5.74, 6) is -1.50. The highest BCUT2D eigenvalue weighted by atomic mass is 79.9. The van der Waals surface area contributed by atoms with Crippen molar-refractivity contribution >= 4 is 21.9 Å². The zero-order valence-corrected chi connectivity index (χ0v) is 11.1. The van der Waals surface area contributed by atoms with Crippen LogP contribution in [0.2, 0.25) is 0 Å². The Kier molecular flexibility index (Phi) is 4.55. The highest BCUT2D eigenvalue weighted by Gasteiger charge is 2.36. The fourth-order valence-electron chi connectivity index (χ4n) is 1.17. The van der Waals surface area contributed by atoms with E-state index in [1.54, 1.807) is 6.92 Å². The number of alkyl halides is 3. The van der Waals surface area contributed by atoms with Crippen molar-refractivity contribution in [1.82, 2.24) is 4.98 Å². The maximum Gasteiger partial charge on any atom is 0.421 e. The van der Waals surface area contributed by atoms with Crippen molar-refractivity contribution in [2.24, 2.45) is 0 Å². The van der Waals surface area contributed by atoms with Crippen molar-refractivity contribution in [2.75, 3.05) is 13.7 Å². The van der Waals surface area contributed by atoms with E-state index in [0.717, 1.165) is 13.2 Å². The van der Waals surface area contributed by atoms with Crippen LogP contribution in [0.5, 0.6) is 5.88 Å². The molecule has 0 atom stereocenters. The summed E-state index contributed by atoms with van der Waals surface area (Å²) < 4.78 is 47.0. The van der Waals surface area contributed by atoms with E-state index in [-0.39, 0.29) is 16.8 Å². The standard InChI is InChI=1S/C10H9BrF3NO3/c1-3-18-9(16)7-6(11)4-5(10(12,13)14)8(15-7)17-2/h4H,3H2,1-2H3. The molecule has 0 aliphatic carbocycles. The lowest BCUT2D eigenvalue weighted by molar-refractivity contribution is -0.139. The fraction of sp³-hybridized carbons (Fsp3) is 0.400. The Hall–Kier alpha value is -1.31. The molecule has 0 aliphatic heterocycles. The third-order valence-corrected chi connectivity index (χ3v) is 2.51. The van der Waals surface area contributed by atoms with Crippen molar-refractivity contribution in [3.63, 3.8) is 0 Å². The van der Waals surface area contributed by atoms with E-state index in [9.17, 15) is 18.0 Å². The van der Waals surface area contributed by atoms with Gasteiger partial charge in [0.25, 0.3) is 0 Å². The van der Waals surface area contributed by atoms with Gasteiger partial charge in [-0.05, 0) is 28.9 Å². The molecule has 4 nitrogen and oxygen atoms in total. The van der Waals surface area contributed by atoms with Gasteiger partial charge in [0.2, 0.25) is 5.88 Å². The summed E-state index contributed by atoms with van der Waals surface area (Å²) in [5, 5.41) is 0. The predicted molar refractivity (Wildman–Crippen MR) is 59.4 cm³/mol. The van der Waals surface area contributed by atoms with Crippen LogP contribution < -0.4 is 4.74 Å². The number of esters is 1. The van der Waals surface area contributed by atoms with Gasteiger partial charge >= 0.3 is 12.1 Å². The van der Waals surface area contributed by atoms with Crippen molar-refractivity contribution in [2.45, 2.75) is 13.1 Å². The number of hydrogen-bond acceptors (Lipinski definition) is 4. The first-order chi connectivity index (χ1) is 8.31. The molecule has 8 heteroatoms. The number of hydrogen-bond donors (Lipinski definition) is 0. The number of rotatable bonds is 3. The van der Waals surface area contributed by atoms with Gasteiger partial charge in [-0.15, -0.1) is 0 Å². The van der Waals surface area contributed by atoms with E-state index >= 15 is 0 Å². The van der Waals surface area contributed by atoms with Crippen molar-refractivity contribution in [3.8, 4) is 5.88 Å². The zero-order chi connectivity index (χ0) is 13.9. The maximum absolute atomic E-state index is 12.6. The Bertz CT molecular complexity index is 462. The second kappa shape index (κ2) is 5.55. The minimum Gasteiger partial charge on any atom is -0.481 e. The molecule has 1 rings (SSSR count). The molecule has 0 aromatic carbocycles. The average molecular weight is 328 g/mol. The highest BCUT2D eigenvalue weighted by Crippen LogP contribution is 2.37. The Morgan fingerprint density at radius 2 is 2.11 bits per heavy atom. The average Bonchev–Trinajstić information content (AvgIpc) is 2.27. The van der Waals surface area contributed by atoms with E-state index in [1.165, 1.54) is 0 Å². The van der Waals surface area contributed by atoms with Gasteiger partial charge in [-0.2, -0.15) is 13.2 Å². The Balaban J connectivity index is 3.31. The van der Waals surface area contributed by atoms with Crippen LogP contribution in [-0.4, -0.2) is 24.7 Å². The number of halogens is 4. The van der Waals surface area contributed by atoms with E-state index in [2.05, 4.69) is 30.4 Å². The van der Waals surface area contributed by atoms with E-state index < -0.39 is 23.6 Å². The highest BCUT2D eigenvalue weighted by molar-refractivity contribution is 9.10. The molecule has 18 heavy (non-hydrogen) atoms. The molecule has 0 bridgehead atoms. The van der Waals surface area contributed by atoms with E-state index in [1.807, 2.05) is 0 Å². The summed E-state index contributed by atoms with van der Waals surface area (Å²) >= 11 is 2.85. The molecule has 0 fully saturated rings. The third kappa shape index (κ3) is 3.12. The predicted octanol–water partition coefficient (Wildman–Crippen LogP) is 3.05. The molecule has 0 N–H and O–H groups in total. The van der Waals surface area contributed by atoms with Crippen LogP contribution in [0.3, 0.4) is 0 Å². The topological polar surface area (TPSA) is 48.4 Å². The summed E-state index contributed by atoms with van der Waals surface area (Å²) in [5.41, 5.74) is -1.33. The first-order valence-corrected chi connectivity index (χ1v) is 5.59. The molecule has 0 saturated carbocycles. The Labute approximate surface area is 109 Å². The summed E-state index contributed by atoms with van der Waals surface area (Å²) in [4.78, 5) is 15.0. The minimum absolute atomic E-state index is 0.0935. The van der Waals surface area contributed by atoms with Crippen molar-refractivity contribution in [1.29, 1.82) is 0 Å². The van der Waals surface area contributed by atoms with E-state index in [4.69, 9.17) is 0 Å². The van der Waals surface area contributed by atoms with Gasteiger partial charge < -0.3 is 9.47 Å². The van der Waals surface area contributed by atoms with Crippen molar-refractivity contribution < 1.29 is 27.4 Å². The molecule has 0 unspecified atom stereocenters. The van der Waals surface area contributed by atoms with Gasteiger partial charge in [-0.3, -0.25) is 0 Å². The number of pyridine rings is 1. The second-order valence-electron chi connectivity index (χ2n) is 3.09. The number of carbonyl (C=O) groups excluding carboxylic acids is 1. The first-order valence-electron chi connectivity index (χ1n) is 4.80. The van der Waals surface area contributed by atoms with Gasteiger partial charge in [0, 0.05) is 0 Å². The number of methoxy groups -OCH3 is 1. The molecule has 0 saturated heterocycles. The van der Waals surface area contributed by atoms with Crippen LogP contribution in [0.15, 0.2) is 10.5 Å². The second-order valence-corrected chi connectivity index (χ2v) is 3.95. The smallest absolute Gasteiger partial charge is 0.421 e. The normalized spacial score (nSPS) is 11.2. The molecule has 100 valence electrons. The van der Waals surface area contributed by atoms with Gasteiger partial charge in [0.15, 0.2) is 5.69 Å². The largest absolute Gasteiger partial charge is 0.481 e. The molecule has 1 aromatic rings. The lowest BCUT2D eigenvalue weighted by Gasteiger charge is -2.13. The third-order valence-electron chi connectivity index (χ3n) is 1.91. The van der Waals surface area contributed by atoms with Crippen LogP contribution in [0, 0.1) is 0 Å². The number of ether oxygens (including phenoxy) is 2. The summed E-state index contributed by atoms with van der Waals surface area (Å²) in [6.45, 7) is 1.67. The van der Waals surface area contributed by atoms with E-state index in [0.29, 0.717) is 0 Å². The number of aromatic nitrogens is 1. The number of carbonyl (C=O) groups is 1. The van der Waals surface area contributed by atoms with Gasteiger partial charge in [-0.25, -0.2) is 9.78 Å². The van der Waals surface area contributed by atoms with Crippen LogP contribution in [0.1, 0.15) is 23.0 Å². The molecule has 0 aliphatic rings. The van der Waals surface area contributed by atoms with Crippen molar-refractivity contribution in [3.05, 3.63) is 21.8 Å². The lowest BCUT2D eigenvalue weighted by Crippen LogP contribution is -2.14. The van der Waals surface area contributed by atoms with Crippen LogP contribution in [-0.2, 0) is 10.9 Å². The van der Waals surface area contributed by atoms with Gasteiger partial charge in [-0.1, -0.05) is 0 Å². The van der Waals surface area contributed by atoms with Crippen LogP contribution >= 0.6 is 15.9 Å². The Morgan fingerprint density at radius 1 is 1.50 bits per heavy atom. The van der Waals surface area contributed by atoms with Gasteiger partial charge in [0.1, 0.15) is 5.56 Å². The monoisotopic (exact) mass is 327 g/mol.